The molecule has 1 unspecified atom stereocenters. The van der Waals surface area contributed by atoms with Gasteiger partial charge in [0.1, 0.15) is 5.75 Å². The van der Waals surface area contributed by atoms with E-state index in [1.807, 2.05) is 12.1 Å². The molecule has 3 N–H and O–H groups in total. The standard InChI is InChI=1S/C16H26N2O3/c1-4-12(5-2)14(19)10-17-11-16(20)18-13-8-6-7-9-15(13)21-3/h6-9,12,14,17,19H,4-5,10-11H2,1-3H3,(H,18,20). The molecule has 0 fully saturated rings. The third-order valence-electron chi connectivity index (χ3n) is 3.61. The quantitative estimate of drug-likeness (QED) is 0.651. The number of aliphatic hydroxyl groups excluding tert-OH is 1. The van der Waals surface area contributed by atoms with Gasteiger partial charge in [0, 0.05) is 6.54 Å². The summed E-state index contributed by atoms with van der Waals surface area (Å²) in [6.07, 6.45) is 1.46. The van der Waals surface area contributed by atoms with Crippen LogP contribution in [0.5, 0.6) is 5.75 Å². The monoisotopic (exact) mass is 294 g/mol. The average molecular weight is 294 g/mol. The Morgan fingerprint density at radius 3 is 2.57 bits per heavy atom. The van der Waals surface area contributed by atoms with Crippen molar-refractivity contribution in [1.82, 2.24) is 5.32 Å². The third kappa shape index (κ3) is 5.73. The summed E-state index contributed by atoms with van der Waals surface area (Å²) in [6, 6.07) is 7.26. The molecule has 21 heavy (non-hydrogen) atoms. The van der Waals surface area contributed by atoms with Crippen molar-refractivity contribution in [3.05, 3.63) is 24.3 Å². The summed E-state index contributed by atoms with van der Waals surface area (Å²) >= 11 is 0. The van der Waals surface area contributed by atoms with Crippen molar-refractivity contribution in [3.63, 3.8) is 0 Å². The molecule has 0 aromatic heterocycles. The summed E-state index contributed by atoms with van der Waals surface area (Å²) in [4.78, 5) is 11.9. The first-order valence-corrected chi connectivity index (χ1v) is 7.43. The lowest BCUT2D eigenvalue weighted by atomic mass is 9.97. The van der Waals surface area contributed by atoms with Gasteiger partial charge in [0.25, 0.3) is 0 Å². The smallest absolute Gasteiger partial charge is 0.238 e. The Balaban J connectivity index is 2.38. The number of amides is 1. The second kappa shape index (κ2) is 9.37. The SMILES string of the molecule is CCC(CC)C(O)CNCC(=O)Nc1ccccc1OC. The molecular weight excluding hydrogens is 268 g/mol. The molecule has 0 saturated heterocycles. The van der Waals surface area contributed by atoms with Crippen LogP contribution in [0.15, 0.2) is 24.3 Å². The van der Waals surface area contributed by atoms with Crippen LogP contribution in [-0.4, -0.2) is 37.3 Å². The van der Waals surface area contributed by atoms with E-state index in [0.717, 1.165) is 12.8 Å². The van der Waals surface area contributed by atoms with Gasteiger partial charge in [-0.3, -0.25) is 4.79 Å². The van der Waals surface area contributed by atoms with E-state index in [4.69, 9.17) is 4.74 Å². The second-order valence-corrected chi connectivity index (χ2v) is 5.02. The van der Waals surface area contributed by atoms with Crippen molar-refractivity contribution >= 4 is 11.6 Å². The minimum absolute atomic E-state index is 0.156. The lowest BCUT2D eigenvalue weighted by Crippen LogP contribution is -2.37. The van der Waals surface area contributed by atoms with Crippen LogP contribution in [0, 0.1) is 5.92 Å². The number of carbonyl (C=O) groups excluding carboxylic acids is 1. The summed E-state index contributed by atoms with van der Waals surface area (Å²) in [5.41, 5.74) is 0.646. The topological polar surface area (TPSA) is 70.6 Å². The van der Waals surface area contributed by atoms with Gasteiger partial charge < -0.3 is 20.5 Å². The van der Waals surface area contributed by atoms with Gasteiger partial charge in [-0.1, -0.05) is 38.8 Å². The van der Waals surface area contributed by atoms with E-state index in [0.29, 0.717) is 18.0 Å². The van der Waals surface area contributed by atoms with E-state index < -0.39 is 6.10 Å². The third-order valence-corrected chi connectivity index (χ3v) is 3.61. The summed E-state index contributed by atoms with van der Waals surface area (Å²) in [5.74, 6) is 0.744. The number of rotatable bonds is 9. The highest BCUT2D eigenvalue weighted by atomic mass is 16.5. The number of anilines is 1. The zero-order valence-electron chi connectivity index (χ0n) is 13.1. The highest BCUT2D eigenvalue weighted by Crippen LogP contribution is 2.22. The van der Waals surface area contributed by atoms with Crippen LogP contribution in [0.25, 0.3) is 0 Å². The average Bonchev–Trinajstić information content (AvgIpc) is 2.49. The number of benzene rings is 1. The van der Waals surface area contributed by atoms with Crippen LogP contribution >= 0.6 is 0 Å². The molecule has 0 spiro atoms. The maximum Gasteiger partial charge on any atom is 0.238 e. The predicted octanol–water partition coefficient (Wildman–Crippen LogP) is 2.02. The highest BCUT2D eigenvalue weighted by molar-refractivity contribution is 5.93. The van der Waals surface area contributed by atoms with Crippen LogP contribution in [0.4, 0.5) is 5.69 Å². The Labute approximate surface area is 126 Å². The molecule has 1 rings (SSSR count). The molecule has 1 atom stereocenters. The van der Waals surface area contributed by atoms with Gasteiger partial charge in [-0.15, -0.1) is 0 Å². The summed E-state index contributed by atoms with van der Waals surface area (Å²) in [5, 5.41) is 15.8. The number of para-hydroxylation sites is 2. The van der Waals surface area contributed by atoms with Gasteiger partial charge in [0.2, 0.25) is 5.91 Å². The molecule has 5 nitrogen and oxygen atoms in total. The number of nitrogens with one attached hydrogen (secondary N) is 2. The molecule has 0 aliphatic rings. The van der Waals surface area contributed by atoms with Crippen molar-refractivity contribution in [2.75, 3.05) is 25.5 Å². The van der Waals surface area contributed by atoms with Crippen LogP contribution < -0.4 is 15.4 Å². The number of methoxy groups -OCH3 is 1. The fourth-order valence-electron chi connectivity index (χ4n) is 2.28. The van der Waals surface area contributed by atoms with Gasteiger partial charge in [0.15, 0.2) is 0 Å². The minimum atomic E-state index is -0.418. The highest BCUT2D eigenvalue weighted by Gasteiger charge is 2.15. The number of hydrogen-bond acceptors (Lipinski definition) is 4. The van der Waals surface area contributed by atoms with Crippen LogP contribution in [-0.2, 0) is 4.79 Å². The maximum atomic E-state index is 11.9. The number of ether oxygens (including phenoxy) is 1. The number of hydrogen-bond donors (Lipinski definition) is 3. The van der Waals surface area contributed by atoms with Crippen molar-refractivity contribution in [2.45, 2.75) is 32.8 Å². The van der Waals surface area contributed by atoms with Crippen molar-refractivity contribution in [1.29, 1.82) is 0 Å². The second-order valence-electron chi connectivity index (χ2n) is 5.02. The fourth-order valence-corrected chi connectivity index (χ4v) is 2.28. The molecule has 0 aliphatic carbocycles. The van der Waals surface area contributed by atoms with Crippen molar-refractivity contribution in [2.24, 2.45) is 5.92 Å². The molecule has 0 heterocycles. The van der Waals surface area contributed by atoms with Crippen molar-refractivity contribution in [3.8, 4) is 5.75 Å². The van der Waals surface area contributed by atoms with Crippen LogP contribution in [0.3, 0.4) is 0 Å². The van der Waals surface area contributed by atoms with E-state index in [9.17, 15) is 9.90 Å². The normalized spacial score (nSPS) is 12.2. The Bertz CT molecular complexity index is 433. The summed E-state index contributed by atoms with van der Waals surface area (Å²) < 4.78 is 5.17. The van der Waals surface area contributed by atoms with Gasteiger partial charge in [0.05, 0.1) is 25.4 Å². The maximum absolute atomic E-state index is 11.9. The zero-order chi connectivity index (χ0) is 15.7. The fraction of sp³-hybridized carbons (Fsp3) is 0.562. The van der Waals surface area contributed by atoms with E-state index in [1.165, 1.54) is 0 Å². The van der Waals surface area contributed by atoms with Crippen molar-refractivity contribution < 1.29 is 14.6 Å². The first kappa shape index (κ1) is 17.5. The van der Waals surface area contributed by atoms with Gasteiger partial charge in [-0.2, -0.15) is 0 Å². The Kier molecular flexibility index (Phi) is 7.79. The molecular formula is C16H26N2O3. The lowest BCUT2D eigenvalue weighted by molar-refractivity contribution is -0.115. The number of carbonyl (C=O) groups is 1. The van der Waals surface area contributed by atoms with Gasteiger partial charge in [-0.25, -0.2) is 0 Å². The van der Waals surface area contributed by atoms with E-state index in [1.54, 1.807) is 19.2 Å². The first-order valence-electron chi connectivity index (χ1n) is 7.43. The Morgan fingerprint density at radius 1 is 1.29 bits per heavy atom. The molecule has 1 aromatic carbocycles. The number of aliphatic hydroxyl groups is 1. The largest absolute Gasteiger partial charge is 0.495 e. The van der Waals surface area contributed by atoms with E-state index in [2.05, 4.69) is 24.5 Å². The molecule has 1 aromatic rings. The molecule has 5 heteroatoms. The van der Waals surface area contributed by atoms with Crippen LogP contribution in [0.2, 0.25) is 0 Å². The molecule has 0 bridgehead atoms. The van der Waals surface area contributed by atoms with Gasteiger partial charge in [-0.05, 0) is 18.1 Å². The molecule has 0 aliphatic heterocycles. The lowest BCUT2D eigenvalue weighted by Gasteiger charge is -2.20. The predicted molar refractivity (Wildman–Crippen MR) is 84.6 cm³/mol. The minimum Gasteiger partial charge on any atom is -0.495 e. The first-order chi connectivity index (χ1) is 10.1. The van der Waals surface area contributed by atoms with Crippen LogP contribution in [0.1, 0.15) is 26.7 Å². The summed E-state index contributed by atoms with van der Waals surface area (Å²) in [7, 11) is 1.56. The van der Waals surface area contributed by atoms with E-state index in [-0.39, 0.29) is 18.4 Å². The Morgan fingerprint density at radius 2 is 1.95 bits per heavy atom. The molecule has 0 radical (unpaired) electrons. The molecule has 118 valence electrons. The Hall–Kier alpha value is -1.59. The molecule has 1 amide bonds. The van der Waals surface area contributed by atoms with Gasteiger partial charge >= 0.3 is 0 Å². The molecule has 0 saturated carbocycles. The summed E-state index contributed by atoms with van der Waals surface area (Å²) in [6.45, 7) is 4.71. The van der Waals surface area contributed by atoms with E-state index >= 15 is 0 Å². The zero-order valence-corrected chi connectivity index (χ0v) is 13.1.